The molecule has 0 aliphatic carbocycles. The molecule has 4 nitrogen and oxygen atoms in total. The average molecular weight is 204 g/mol. The fraction of sp³-hybridized carbons (Fsp3) is 0. The largest absolute Gasteiger partial charge is 0.508 e. The Morgan fingerprint density at radius 3 is 2.40 bits per heavy atom. The summed E-state index contributed by atoms with van der Waals surface area (Å²) in [4.78, 5) is 10.9. The van der Waals surface area contributed by atoms with E-state index in [0.717, 1.165) is 0 Å². The maximum atomic E-state index is 10.9. The van der Waals surface area contributed by atoms with Crippen LogP contribution in [-0.4, -0.2) is 21.3 Å². The number of hydrogen-bond donors (Lipinski definition) is 3. The molecule has 0 amide bonds. The van der Waals surface area contributed by atoms with Crippen LogP contribution >= 0.6 is 0 Å². The quantitative estimate of drug-likeness (QED) is 0.663. The number of carbonyl (C=O) groups is 1. The lowest BCUT2D eigenvalue weighted by Gasteiger charge is -2.04. The van der Waals surface area contributed by atoms with Gasteiger partial charge < -0.3 is 15.3 Å². The molecular weight excluding hydrogens is 196 g/mol. The second kappa shape index (κ2) is 3.16. The molecule has 0 bridgehead atoms. The lowest BCUT2D eigenvalue weighted by atomic mass is 10.0. The lowest BCUT2D eigenvalue weighted by Crippen LogP contribution is -1.96. The van der Waals surface area contributed by atoms with Crippen molar-refractivity contribution in [3.05, 3.63) is 35.9 Å². The van der Waals surface area contributed by atoms with Crippen LogP contribution in [0.4, 0.5) is 0 Å². The molecule has 0 aliphatic rings. The molecule has 0 fully saturated rings. The van der Waals surface area contributed by atoms with Crippen molar-refractivity contribution in [2.75, 3.05) is 0 Å². The van der Waals surface area contributed by atoms with Crippen molar-refractivity contribution in [3.63, 3.8) is 0 Å². The minimum absolute atomic E-state index is 0.0136. The number of aromatic hydroxyl groups is 2. The molecule has 0 atom stereocenters. The summed E-state index contributed by atoms with van der Waals surface area (Å²) in [6, 6.07) is 6.81. The molecule has 2 aromatic carbocycles. The minimum Gasteiger partial charge on any atom is -0.508 e. The Morgan fingerprint density at radius 1 is 1.00 bits per heavy atom. The number of phenolic OH excluding ortho intramolecular Hbond substituents is 2. The molecule has 15 heavy (non-hydrogen) atoms. The molecule has 0 aliphatic heterocycles. The molecule has 3 N–H and O–H groups in total. The molecule has 76 valence electrons. The first kappa shape index (κ1) is 9.33. The topological polar surface area (TPSA) is 77.8 Å². The van der Waals surface area contributed by atoms with Crippen molar-refractivity contribution in [2.24, 2.45) is 0 Å². The van der Waals surface area contributed by atoms with Crippen LogP contribution in [0.5, 0.6) is 11.5 Å². The number of carboxylic acid groups (broad SMARTS) is 1. The Bertz CT molecular complexity index is 546. The molecule has 0 spiro atoms. The summed E-state index contributed by atoms with van der Waals surface area (Å²) in [5.74, 6) is -1.13. The Kier molecular flexibility index (Phi) is 1.97. The number of rotatable bonds is 1. The van der Waals surface area contributed by atoms with E-state index in [1.807, 2.05) is 0 Å². The van der Waals surface area contributed by atoms with Gasteiger partial charge in [0.05, 0.1) is 5.56 Å². The van der Waals surface area contributed by atoms with Crippen LogP contribution in [0.3, 0.4) is 0 Å². The van der Waals surface area contributed by atoms with E-state index in [-0.39, 0.29) is 17.1 Å². The first-order valence-electron chi connectivity index (χ1n) is 4.27. The highest BCUT2D eigenvalue weighted by Gasteiger charge is 2.10. The highest BCUT2D eigenvalue weighted by molar-refractivity contribution is 6.05. The van der Waals surface area contributed by atoms with Gasteiger partial charge in [0.15, 0.2) is 0 Å². The maximum Gasteiger partial charge on any atom is 0.336 e. The second-order valence-electron chi connectivity index (χ2n) is 3.17. The first-order chi connectivity index (χ1) is 7.09. The van der Waals surface area contributed by atoms with E-state index in [9.17, 15) is 15.0 Å². The first-order valence-corrected chi connectivity index (χ1v) is 4.27. The van der Waals surface area contributed by atoms with Crippen molar-refractivity contribution < 1.29 is 20.1 Å². The second-order valence-corrected chi connectivity index (χ2v) is 3.17. The highest BCUT2D eigenvalue weighted by atomic mass is 16.4. The van der Waals surface area contributed by atoms with Crippen LogP contribution in [0.15, 0.2) is 30.3 Å². The van der Waals surface area contributed by atoms with Gasteiger partial charge in [-0.1, -0.05) is 0 Å². The minimum atomic E-state index is -1.06. The monoisotopic (exact) mass is 204 g/mol. The zero-order valence-electron chi connectivity index (χ0n) is 7.64. The third kappa shape index (κ3) is 1.46. The summed E-state index contributed by atoms with van der Waals surface area (Å²) in [5, 5.41) is 28.4. The van der Waals surface area contributed by atoms with E-state index < -0.39 is 5.97 Å². The number of fused-ring (bicyclic) bond motifs is 1. The van der Waals surface area contributed by atoms with Crippen LogP contribution in [0.25, 0.3) is 10.8 Å². The Balaban J connectivity index is 2.88. The summed E-state index contributed by atoms with van der Waals surface area (Å²) >= 11 is 0. The summed E-state index contributed by atoms with van der Waals surface area (Å²) in [7, 11) is 0. The molecule has 2 aromatic rings. The Morgan fingerprint density at radius 2 is 1.73 bits per heavy atom. The molecular formula is C11H8O4. The molecule has 2 rings (SSSR count). The average Bonchev–Trinajstić information content (AvgIpc) is 2.19. The third-order valence-corrected chi connectivity index (χ3v) is 2.21. The molecule has 0 saturated heterocycles. The van der Waals surface area contributed by atoms with Gasteiger partial charge in [-0.3, -0.25) is 0 Å². The summed E-state index contributed by atoms with van der Waals surface area (Å²) in [6.45, 7) is 0. The highest BCUT2D eigenvalue weighted by Crippen LogP contribution is 2.30. The van der Waals surface area contributed by atoms with E-state index >= 15 is 0 Å². The third-order valence-electron chi connectivity index (χ3n) is 2.21. The van der Waals surface area contributed by atoms with Crippen molar-refractivity contribution in [3.8, 4) is 11.5 Å². The fourth-order valence-corrected chi connectivity index (χ4v) is 1.51. The Labute approximate surface area is 85.0 Å². The van der Waals surface area contributed by atoms with E-state index in [2.05, 4.69) is 0 Å². The van der Waals surface area contributed by atoms with E-state index in [0.29, 0.717) is 10.8 Å². The van der Waals surface area contributed by atoms with Crippen molar-refractivity contribution in [1.29, 1.82) is 0 Å². The number of aromatic carboxylic acids is 1. The van der Waals surface area contributed by atoms with Crippen molar-refractivity contribution in [2.45, 2.75) is 0 Å². The van der Waals surface area contributed by atoms with Gasteiger partial charge in [-0.25, -0.2) is 4.79 Å². The molecule has 0 aromatic heterocycles. The van der Waals surface area contributed by atoms with Gasteiger partial charge in [0.1, 0.15) is 11.5 Å². The SMILES string of the molecule is O=C(O)c1ccc(O)c2cc(O)ccc12. The predicted molar refractivity (Wildman–Crippen MR) is 54.2 cm³/mol. The van der Waals surface area contributed by atoms with Gasteiger partial charge in [0, 0.05) is 10.8 Å². The van der Waals surface area contributed by atoms with Crippen LogP contribution in [0.1, 0.15) is 10.4 Å². The maximum absolute atomic E-state index is 10.9. The van der Waals surface area contributed by atoms with Crippen molar-refractivity contribution in [1.82, 2.24) is 0 Å². The smallest absolute Gasteiger partial charge is 0.336 e. The van der Waals surface area contributed by atoms with E-state index in [1.54, 1.807) is 0 Å². The molecule has 0 saturated carbocycles. The zero-order valence-corrected chi connectivity index (χ0v) is 7.64. The Hall–Kier alpha value is -2.23. The number of phenols is 2. The molecule has 0 radical (unpaired) electrons. The van der Waals surface area contributed by atoms with E-state index in [4.69, 9.17) is 5.11 Å². The van der Waals surface area contributed by atoms with Crippen LogP contribution in [-0.2, 0) is 0 Å². The van der Waals surface area contributed by atoms with Gasteiger partial charge >= 0.3 is 5.97 Å². The summed E-state index contributed by atoms with van der Waals surface area (Å²) in [5.41, 5.74) is 0.0998. The predicted octanol–water partition coefficient (Wildman–Crippen LogP) is 1.95. The fourth-order valence-electron chi connectivity index (χ4n) is 1.51. The van der Waals surface area contributed by atoms with E-state index in [1.165, 1.54) is 30.3 Å². The lowest BCUT2D eigenvalue weighted by molar-refractivity contribution is 0.0699. The normalized spacial score (nSPS) is 10.4. The number of benzene rings is 2. The van der Waals surface area contributed by atoms with Crippen LogP contribution in [0, 0.1) is 0 Å². The molecule has 0 unspecified atom stereocenters. The van der Waals surface area contributed by atoms with Crippen molar-refractivity contribution >= 4 is 16.7 Å². The molecule has 0 heterocycles. The van der Waals surface area contributed by atoms with Gasteiger partial charge in [0.25, 0.3) is 0 Å². The number of hydrogen-bond acceptors (Lipinski definition) is 3. The zero-order chi connectivity index (χ0) is 11.0. The van der Waals surface area contributed by atoms with Crippen LogP contribution < -0.4 is 0 Å². The summed E-state index contributed by atoms with van der Waals surface area (Å²) < 4.78 is 0. The number of carboxylic acids is 1. The van der Waals surface area contributed by atoms with Gasteiger partial charge in [-0.2, -0.15) is 0 Å². The standard InChI is InChI=1S/C11H8O4/c12-6-1-2-7-8(11(14)15)3-4-10(13)9(7)5-6/h1-5,12-13H,(H,14,15). The molecule has 4 heteroatoms. The van der Waals surface area contributed by atoms with Crippen LogP contribution in [0.2, 0.25) is 0 Å². The van der Waals surface area contributed by atoms with Gasteiger partial charge in [-0.15, -0.1) is 0 Å². The van der Waals surface area contributed by atoms with Gasteiger partial charge in [-0.05, 0) is 30.3 Å². The summed E-state index contributed by atoms with van der Waals surface area (Å²) in [6.07, 6.45) is 0. The van der Waals surface area contributed by atoms with Gasteiger partial charge in [0.2, 0.25) is 0 Å².